The van der Waals surface area contributed by atoms with E-state index in [1.165, 1.54) is 5.56 Å². The van der Waals surface area contributed by atoms with Crippen LogP contribution < -0.4 is 0 Å². The summed E-state index contributed by atoms with van der Waals surface area (Å²) in [5.41, 5.74) is 1.25. The molecule has 1 aromatic carbocycles. The van der Waals surface area contributed by atoms with Crippen molar-refractivity contribution in [3.8, 4) is 0 Å². The van der Waals surface area contributed by atoms with Gasteiger partial charge in [-0.1, -0.05) is 37.1 Å². The van der Waals surface area contributed by atoms with Crippen LogP contribution in [-0.4, -0.2) is 6.29 Å². The van der Waals surface area contributed by atoms with Crippen LogP contribution >= 0.6 is 11.6 Å². The number of rotatable bonds is 5. The molecule has 0 bridgehead atoms. The van der Waals surface area contributed by atoms with Gasteiger partial charge in [-0.25, -0.2) is 0 Å². The monoisotopic (exact) mass is 210 g/mol. The summed E-state index contributed by atoms with van der Waals surface area (Å²) >= 11 is 5.79. The van der Waals surface area contributed by atoms with Crippen LogP contribution in [0.4, 0.5) is 0 Å². The molecule has 0 saturated heterocycles. The van der Waals surface area contributed by atoms with Crippen LogP contribution in [0.2, 0.25) is 5.02 Å². The summed E-state index contributed by atoms with van der Waals surface area (Å²) in [6.07, 6.45) is 3.66. The van der Waals surface area contributed by atoms with Gasteiger partial charge in [0.2, 0.25) is 0 Å². The van der Waals surface area contributed by atoms with Crippen molar-refractivity contribution >= 4 is 17.9 Å². The van der Waals surface area contributed by atoms with Gasteiger partial charge in [-0.2, -0.15) is 0 Å². The van der Waals surface area contributed by atoms with Crippen LogP contribution in [-0.2, 0) is 11.2 Å². The van der Waals surface area contributed by atoms with Crippen LogP contribution in [0.5, 0.6) is 0 Å². The predicted octanol–water partition coefficient (Wildman–Crippen LogP) is 3.50. The average Bonchev–Trinajstić information content (AvgIpc) is 2.20. The Morgan fingerprint density at radius 1 is 1.36 bits per heavy atom. The van der Waals surface area contributed by atoms with E-state index in [2.05, 4.69) is 6.92 Å². The molecule has 0 spiro atoms. The van der Waals surface area contributed by atoms with Gasteiger partial charge in [0.25, 0.3) is 0 Å². The second-order valence-corrected chi connectivity index (χ2v) is 3.94. The number of hydrogen-bond donors (Lipinski definition) is 0. The maximum atomic E-state index is 10.4. The SMILES string of the molecule is CCC(CC=O)Cc1ccc(Cl)cc1. The zero-order chi connectivity index (χ0) is 10.4. The Kier molecular flexibility index (Phi) is 4.68. The number of aldehydes is 1. The molecule has 76 valence electrons. The summed E-state index contributed by atoms with van der Waals surface area (Å²) in [4.78, 5) is 10.4. The lowest BCUT2D eigenvalue weighted by Gasteiger charge is -2.10. The highest BCUT2D eigenvalue weighted by molar-refractivity contribution is 6.30. The second kappa shape index (κ2) is 5.82. The highest BCUT2D eigenvalue weighted by Gasteiger charge is 2.06. The van der Waals surface area contributed by atoms with Crippen molar-refractivity contribution < 1.29 is 4.79 Å². The van der Waals surface area contributed by atoms with Crippen molar-refractivity contribution in [1.82, 2.24) is 0 Å². The van der Waals surface area contributed by atoms with Gasteiger partial charge >= 0.3 is 0 Å². The summed E-state index contributed by atoms with van der Waals surface area (Å²) < 4.78 is 0. The fraction of sp³-hybridized carbons (Fsp3) is 0.417. The Hall–Kier alpha value is -0.820. The van der Waals surface area contributed by atoms with Crippen LogP contribution in [0.1, 0.15) is 25.3 Å². The zero-order valence-corrected chi connectivity index (χ0v) is 9.13. The molecule has 1 aromatic rings. The first-order chi connectivity index (χ1) is 6.76. The van der Waals surface area contributed by atoms with Crippen molar-refractivity contribution in [1.29, 1.82) is 0 Å². The minimum absolute atomic E-state index is 0.466. The normalized spacial score (nSPS) is 12.4. The van der Waals surface area contributed by atoms with Gasteiger partial charge in [-0.05, 0) is 30.0 Å². The molecule has 0 radical (unpaired) electrons. The third-order valence-electron chi connectivity index (χ3n) is 2.44. The first kappa shape index (κ1) is 11.3. The molecule has 0 fully saturated rings. The number of carbonyl (C=O) groups is 1. The number of benzene rings is 1. The molecule has 0 aliphatic rings. The van der Waals surface area contributed by atoms with Crippen molar-refractivity contribution in [3.63, 3.8) is 0 Å². The molecule has 0 aliphatic carbocycles. The molecule has 0 heterocycles. The largest absolute Gasteiger partial charge is 0.303 e. The summed E-state index contributed by atoms with van der Waals surface area (Å²) in [7, 11) is 0. The second-order valence-electron chi connectivity index (χ2n) is 3.51. The van der Waals surface area contributed by atoms with E-state index in [1.54, 1.807) is 0 Å². The highest BCUT2D eigenvalue weighted by Crippen LogP contribution is 2.16. The maximum absolute atomic E-state index is 10.4. The van der Waals surface area contributed by atoms with Gasteiger partial charge in [-0.15, -0.1) is 0 Å². The minimum Gasteiger partial charge on any atom is -0.303 e. The molecule has 1 rings (SSSR count). The standard InChI is InChI=1S/C12H15ClO/c1-2-10(7-8-14)9-11-3-5-12(13)6-4-11/h3-6,8,10H,2,7,9H2,1H3. The average molecular weight is 211 g/mol. The van der Waals surface area contributed by atoms with Gasteiger partial charge in [0.1, 0.15) is 6.29 Å². The van der Waals surface area contributed by atoms with Crippen LogP contribution in [0, 0.1) is 5.92 Å². The Morgan fingerprint density at radius 2 is 2.00 bits per heavy atom. The molecule has 1 unspecified atom stereocenters. The van der Waals surface area contributed by atoms with Gasteiger partial charge in [0.05, 0.1) is 0 Å². The summed E-state index contributed by atoms with van der Waals surface area (Å²) in [6, 6.07) is 7.83. The fourth-order valence-corrected chi connectivity index (χ4v) is 1.61. The van der Waals surface area contributed by atoms with Crippen molar-refractivity contribution in [3.05, 3.63) is 34.9 Å². The Morgan fingerprint density at radius 3 is 2.50 bits per heavy atom. The van der Waals surface area contributed by atoms with E-state index in [4.69, 9.17) is 11.6 Å². The fourth-order valence-electron chi connectivity index (χ4n) is 1.48. The first-order valence-corrected chi connectivity index (χ1v) is 5.32. The number of halogens is 1. The number of carbonyl (C=O) groups excluding carboxylic acids is 1. The third-order valence-corrected chi connectivity index (χ3v) is 2.70. The molecular formula is C12H15ClO. The van der Waals surface area contributed by atoms with E-state index in [9.17, 15) is 4.79 Å². The molecule has 0 aromatic heterocycles. The summed E-state index contributed by atoms with van der Waals surface area (Å²) in [5, 5.41) is 0.761. The molecule has 0 aliphatic heterocycles. The van der Waals surface area contributed by atoms with Gasteiger partial charge in [0, 0.05) is 11.4 Å². The van der Waals surface area contributed by atoms with Crippen LogP contribution in [0.3, 0.4) is 0 Å². The van der Waals surface area contributed by atoms with E-state index in [-0.39, 0.29) is 0 Å². The van der Waals surface area contributed by atoms with Crippen LogP contribution in [0.15, 0.2) is 24.3 Å². The smallest absolute Gasteiger partial charge is 0.120 e. The zero-order valence-electron chi connectivity index (χ0n) is 8.37. The van der Waals surface area contributed by atoms with Gasteiger partial charge < -0.3 is 4.79 Å². The van der Waals surface area contributed by atoms with E-state index >= 15 is 0 Å². The molecule has 0 amide bonds. The Bertz CT molecular complexity index is 279. The predicted molar refractivity (Wildman–Crippen MR) is 59.6 cm³/mol. The van der Waals surface area contributed by atoms with Gasteiger partial charge in [0.15, 0.2) is 0 Å². The van der Waals surface area contributed by atoms with E-state index in [0.717, 1.165) is 24.2 Å². The molecule has 14 heavy (non-hydrogen) atoms. The first-order valence-electron chi connectivity index (χ1n) is 4.94. The van der Waals surface area contributed by atoms with Crippen molar-refractivity contribution in [2.45, 2.75) is 26.2 Å². The Balaban J connectivity index is 2.57. The molecule has 1 atom stereocenters. The van der Waals surface area contributed by atoms with E-state index in [1.807, 2.05) is 24.3 Å². The van der Waals surface area contributed by atoms with Crippen LogP contribution in [0.25, 0.3) is 0 Å². The molecule has 1 nitrogen and oxygen atoms in total. The number of hydrogen-bond acceptors (Lipinski definition) is 1. The van der Waals surface area contributed by atoms with Crippen molar-refractivity contribution in [2.24, 2.45) is 5.92 Å². The highest BCUT2D eigenvalue weighted by atomic mass is 35.5. The lowest BCUT2D eigenvalue weighted by Crippen LogP contribution is -2.03. The topological polar surface area (TPSA) is 17.1 Å². The lowest BCUT2D eigenvalue weighted by molar-refractivity contribution is -0.108. The summed E-state index contributed by atoms with van der Waals surface area (Å²) in [5.74, 6) is 0.466. The molecule has 0 N–H and O–H groups in total. The minimum atomic E-state index is 0.466. The quantitative estimate of drug-likeness (QED) is 0.680. The Labute approximate surface area is 90.1 Å². The molecule has 2 heteroatoms. The molecule has 0 saturated carbocycles. The molecular weight excluding hydrogens is 196 g/mol. The maximum Gasteiger partial charge on any atom is 0.120 e. The summed E-state index contributed by atoms with van der Waals surface area (Å²) in [6.45, 7) is 2.12. The van der Waals surface area contributed by atoms with E-state index in [0.29, 0.717) is 12.3 Å². The van der Waals surface area contributed by atoms with Gasteiger partial charge in [-0.3, -0.25) is 0 Å². The van der Waals surface area contributed by atoms with E-state index < -0.39 is 0 Å². The van der Waals surface area contributed by atoms with Crippen molar-refractivity contribution in [2.75, 3.05) is 0 Å². The lowest BCUT2D eigenvalue weighted by atomic mass is 9.94. The third kappa shape index (κ3) is 3.51.